The van der Waals surface area contributed by atoms with Gasteiger partial charge in [-0.25, -0.2) is 10.1 Å². The lowest BCUT2D eigenvalue weighted by Gasteiger charge is -2.34. The van der Waals surface area contributed by atoms with E-state index in [0.29, 0.717) is 27.9 Å². The van der Waals surface area contributed by atoms with Crippen LogP contribution >= 0.6 is 23.7 Å². The number of carbonyl (C=O) groups excluding carboxylic acids is 8. The van der Waals surface area contributed by atoms with Crippen LogP contribution in [0.1, 0.15) is 81.1 Å². The van der Waals surface area contributed by atoms with Crippen LogP contribution in [0.25, 0.3) is 21.1 Å². The highest BCUT2D eigenvalue weighted by molar-refractivity contribution is 7.90. The zero-order chi connectivity index (χ0) is 70.0. The summed E-state index contributed by atoms with van der Waals surface area (Å²) in [6.45, 7) is 1.03. The summed E-state index contributed by atoms with van der Waals surface area (Å²) in [7, 11) is 1.69. The van der Waals surface area contributed by atoms with Gasteiger partial charge in [-0.15, -0.1) is 10.2 Å². The highest BCUT2D eigenvalue weighted by Gasteiger charge is 2.50. The van der Waals surface area contributed by atoms with E-state index in [9.17, 15) is 74.4 Å². The molecule has 3 aromatic carbocycles. The molecule has 5 heterocycles. The molecule has 8 amide bonds. The van der Waals surface area contributed by atoms with Gasteiger partial charge in [0.25, 0.3) is 18.2 Å². The number of cyclic esters (lactones) is 1. The maximum Gasteiger partial charge on any atom is 0.410 e. The summed E-state index contributed by atoms with van der Waals surface area (Å²) in [5, 5.41) is 124. The second kappa shape index (κ2) is 35.6. The van der Waals surface area contributed by atoms with Crippen LogP contribution in [0, 0.1) is 5.92 Å². The van der Waals surface area contributed by atoms with Gasteiger partial charge in [0.05, 0.1) is 55.9 Å². The maximum atomic E-state index is 15.1. The Labute approximate surface area is 565 Å². The number of carbonyl (C=O) groups is 8. The van der Waals surface area contributed by atoms with E-state index < -0.39 is 196 Å². The molecular weight excluding hydrogens is 1320 g/mol. The van der Waals surface area contributed by atoms with Gasteiger partial charge >= 0.3 is 6.09 Å². The lowest BCUT2D eigenvalue weighted by atomic mass is 9.98. The van der Waals surface area contributed by atoms with Gasteiger partial charge < -0.3 is 95.6 Å². The molecule has 4 aliphatic rings. The highest BCUT2D eigenvalue weighted by Crippen LogP contribution is 2.34. The molecule has 0 saturated carbocycles. The number of β-amino-alcohol motifs (C(OH)–C–C–N with tert-alkyl or cyclic N) is 1. The summed E-state index contributed by atoms with van der Waals surface area (Å²) in [4.78, 5) is 118. The summed E-state index contributed by atoms with van der Waals surface area (Å²) in [5.74, 6) is -9.14. The van der Waals surface area contributed by atoms with Gasteiger partial charge in [0, 0.05) is 81.8 Å². The molecule has 530 valence electrons. The first-order valence-corrected chi connectivity index (χ1v) is 33.0. The number of phenols is 1. The van der Waals surface area contributed by atoms with E-state index in [1.54, 1.807) is 19.2 Å². The standard InChI is InChI=1S/C62H82N10O23S2/c1-32-28-72-51(52(32)80)57(85)63-27-39(75)25-42(64-53(81)35-10-12-36(13-11-35)58-68-69-59(96-58)37-14-16-41(17-15-37)91-22-8-6-4-5-7-21-90-3)54(82)65-48(33(2)74)60(86)71-29-40(76)26-43(71)55(83)66-49(46(79)23-34-9-18-44(77)47(24-34)93-97-95-94-89)56(84)67-50(61(72)87)45(78)19-20-70-38(30-73)31-92-62(70)88/h9-18,24,32-33,38-40,42-43,45-46,48-52,73-80,89H,4-8,19-23,25-31H2,1-3H3,(H,63,85)(H,64,81)(H,65,82)(H,66,83)(H,67,84)/t32-,33+,38?,39+,40+,42+,43+,45-,46-,48+,49+,50+,51+,52+/m1/s1. The Hall–Kier alpha value is -7.91. The van der Waals surface area contributed by atoms with Gasteiger partial charge in [0.1, 0.15) is 58.6 Å². The first-order valence-electron chi connectivity index (χ1n) is 31.5. The summed E-state index contributed by atoms with van der Waals surface area (Å²) in [6, 6.07) is 4.49. The molecule has 1 unspecified atom stereocenters. The van der Waals surface area contributed by atoms with Gasteiger partial charge in [-0.05, 0) is 80.3 Å². The van der Waals surface area contributed by atoms with Gasteiger partial charge in [-0.3, -0.25) is 38.5 Å². The summed E-state index contributed by atoms with van der Waals surface area (Å²) in [6.07, 6.45) is -8.77. The molecule has 0 radical (unpaired) electrons. The first kappa shape index (κ1) is 74.9. The third kappa shape index (κ3) is 19.7. The lowest BCUT2D eigenvalue weighted by Crippen LogP contribution is -2.64. The third-order valence-corrected chi connectivity index (χ3v) is 18.4. The number of aliphatic hydroxyl groups is 7. The average molecular weight is 1400 g/mol. The number of benzene rings is 3. The number of unbranched alkanes of at least 4 members (excludes halogenated alkanes) is 4. The Kier molecular flexibility index (Phi) is 27.4. The predicted molar refractivity (Wildman–Crippen MR) is 341 cm³/mol. The van der Waals surface area contributed by atoms with E-state index in [2.05, 4.69) is 46.2 Å². The molecule has 8 rings (SSSR count). The molecule has 14 N–H and O–H groups in total. The largest absolute Gasteiger partial charge is 0.504 e. The van der Waals surface area contributed by atoms with Crippen LogP contribution in [0.15, 0.2) is 66.7 Å². The van der Waals surface area contributed by atoms with Crippen LogP contribution in [0.4, 0.5) is 4.79 Å². The van der Waals surface area contributed by atoms with Crippen LogP contribution in [0.3, 0.4) is 0 Å². The predicted octanol–water partition coefficient (Wildman–Crippen LogP) is -0.932. The minimum atomic E-state index is -2.20. The Morgan fingerprint density at radius 3 is 2.09 bits per heavy atom. The molecule has 1 aromatic heterocycles. The Morgan fingerprint density at radius 1 is 0.773 bits per heavy atom. The SMILES string of the molecule is COCCCCCCCOc1ccc(-c2nnc(-c3ccc(C(=O)N[C@H]4C[C@H](O)CNC(=O)[C@@H]5[C@@H](O)[C@H](C)CN5C(=O)[C@H]([C@H](O)CCN5C(=O)OCC5CO)NC(=O)[C@H]([C@H](O)Cc5ccc(O)c(OSOOO)c5)NC(=O)[C@@H]5C[C@H](O)CN5C(=O)[C@H]([C@H](C)O)NC4=O)cc3)s2)cc1. The van der Waals surface area contributed by atoms with Gasteiger partial charge in [-0.1, -0.05) is 65.1 Å². The normalized spacial score (nSPS) is 25.6. The molecule has 4 saturated heterocycles. The molecule has 0 aliphatic carbocycles. The topological polar surface area (TPSA) is 470 Å². The number of rotatable bonds is 26. The molecule has 4 fully saturated rings. The molecule has 4 aliphatic heterocycles. The van der Waals surface area contributed by atoms with Crippen LogP contribution < -0.4 is 35.5 Å². The van der Waals surface area contributed by atoms with Crippen molar-refractivity contribution in [2.24, 2.45) is 5.92 Å². The Balaban J connectivity index is 1.07. The lowest BCUT2D eigenvalue weighted by molar-refractivity contribution is -0.433. The van der Waals surface area contributed by atoms with Crippen molar-refractivity contribution < 1.29 is 112 Å². The quantitative estimate of drug-likeness (QED) is 0.0156. The number of hydrogen-bond acceptors (Lipinski definition) is 27. The average Bonchev–Trinajstić information content (AvgIpc) is 1.69. The second-order valence-electron chi connectivity index (χ2n) is 24.1. The number of hydrogen-bond donors (Lipinski definition) is 14. The van der Waals surface area contributed by atoms with Crippen molar-refractivity contribution >= 4 is 71.1 Å². The summed E-state index contributed by atoms with van der Waals surface area (Å²) < 4.78 is 25.5. The zero-order valence-corrected chi connectivity index (χ0v) is 54.9. The van der Waals surface area contributed by atoms with Crippen molar-refractivity contribution in [1.29, 1.82) is 0 Å². The van der Waals surface area contributed by atoms with E-state index >= 15 is 4.79 Å². The third-order valence-electron chi connectivity index (χ3n) is 17.0. The number of ether oxygens (including phenoxy) is 3. The fourth-order valence-electron chi connectivity index (χ4n) is 11.7. The number of nitrogens with one attached hydrogen (secondary N) is 5. The van der Waals surface area contributed by atoms with Gasteiger partial charge in [0.2, 0.25) is 35.4 Å². The Morgan fingerprint density at radius 2 is 1.42 bits per heavy atom. The van der Waals surface area contributed by atoms with Crippen LogP contribution in [0.5, 0.6) is 17.2 Å². The minimum absolute atomic E-state index is 0.00109. The number of fused-ring (bicyclic) bond motifs is 2. The number of aromatic hydroxyl groups is 1. The number of amides is 8. The number of aliphatic hydroxyl groups excluding tert-OH is 7. The fraction of sp³-hybridized carbons (Fsp3) is 0.548. The molecule has 0 spiro atoms. The van der Waals surface area contributed by atoms with Crippen molar-refractivity contribution in [3.05, 3.63) is 77.9 Å². The van der Waals surface area contributed by atoms with E-state index in [1.165, 1.54) is 36.5 Å². The second-order valence-corrected chi connectivity index (χ2v) is 25.5. The van der Waals surface area contributed by atoms with Crippen LogP contribution in [-0.2, 0) is 54.0 Å². The van der Waals surface area contributed by atoms with Crippen molar-refractivity contribution in [2.45, 2.75) is 151 Å². The molecule has 33 nitrogen and oxygen atoms in total. The van der Waals surface area contributed by atoms with Crippen molar-refractivity contribution in [1.82, 2.24) is 51.5 Å². The molecule has 97 heavy (non-hydrogen) atoms. The number of methoxy groups -OCH3 is 1. The molecular formula is C62H82N10O23S2. The zero-order valence-electron chi connectivity index (χ0n) is 53.2. The highest BCUT2D eigenvalue weighted by atomic mass is 32.2. The van der Waals surface area contributed by atoms with Crippen molar-refractivity contribution in [3.63, 3.8) is 0 Å². The number of aromatic nitrogens is 2. The maximum absolute atomic E-state index is 15.1. The van der Waals surface area contributed by atoms with Crippen LogP contribution in [-0.4, -0.2) is 257 Å². The molecule has 35 heteroatoms. The van der Waals surface area contributed by atoms with Crippen LogP contribution in [0.2, 0.25) is 0 Å². The summed E-state index contributed by atoms with van der Waals surface area (Å²) >= 11 is 1.34. The number of phenolic OH excluding ortho intramolecular Hbond substituents is 1. The van der Waals surface area contributed by atoms with E-state index in [4.69, 9.17) is 23.7 Å². The monoisotopic (exact) mass is 1400 g/mol. The van der Waals surface area contributed by atoms with Crippen molar-refractivity contribution in [3.8, 4) is 38.4 Å². The number of nitrogens with zero attached hydrogens (tertiary/aromatic N) is 5. The minimum Gasteiger partial charge on any atom is -0.504 e. The van der Waals surface area contributed by atoms with E-state index in [-0.39, 0.29) is 35.8 Å². The molecule has 0 bridgehead atoms. The summed E-state index contributed by atoms with van der Waals surface area (Å²) in [5.41, 5.74) is 1.45. The first-order chi connectivity index (χ1) is 46.5. The van der Waals surface area contributed by atoms with Crippen molar-refractivity contribution in [2.75, 3.05) is 59.7 Å². The van der Waals surface area contributed by atoms with Gasteiger partial charge in [0.15, 0.2) is 11.5 Å². The smallest absolute Gasteiger partial charge is 0.410 e. The Bertz CT molecular complexity index is 3340. The van der Waals surface area contributed by atoms with Gasteiger partial charge in [-0.2, -0.15) is 0 Å². The molecule has 4 aromatic rings. The van der Waals surface area contributed by atoms with E-state index in [0.717, 1.165) is 78.0 Å². The fourth-order valence-corrected chi connectivity index (χ4v) is 12.8. The van der Waals surface area contributed by atoms with E-state index in [1.807, 2.05) is 24.3 Å². The molecule has 14 atom stereocenters.